The van der Waals surface area contributed by atoms with Crippen LogP contribution in [0.15, 0.2) is 47.4 Å². The highest BCUT2D eigenvalue weighted by atomic mass is 32.2. The lowest BCUT2D eigenvalue weighted by molar-refractivity contribution is -0.111. The van der Waals surface area contributed by atoms with Gasteiger partial charge in [0.05, 0.1) is 4.90 Å². The minimum Gasteiger partial charge on any atom is -0.322 e. The molecule has 0 radical (unpaired) electrons. The van der Waals surface area contributed by atoms with Gasteiger partial charge in [-0.2, -0.15) is 0 Å². The number of amides is 1. The van der Waals surface area contributed by atoms with E-state index in [9.17, 15) is 13.2 Å². The van der Waals surface area contributed by atoms with Crippen LogP contribution in [-0.2, 0) is 14.8 Å². The number of benzene rings is 1. The molecule has 1 rings (SSSR count). The number of anilines is 1. The zero-order chi connectivity index (χ0) is 14.5. The Morgan fingerprint density at radius 3 is 2.53 bits per heavy atom. The molecule has 1 aromatic rings. The van der Waals surface area contributed by atoms with Crippen molar-refractivity contribution in [1.82, 2.24) is 0 Å². The number of aryl methyl sites for hydroxylation is 1. The van der Waals surface area contributed by atoms with Gasteiger partial charge in [-0.15, -0.1) is 0 Å². The number of rotatable bonds is 4. The lowest BCUT2D eigenvalue weighted by Gasteiger charge is -2.07. The fourth-order valence-electron chi connectivity index (χ4n) is 1.38. The Hall–Kier alpha value is -1.92. The second-order valence-corrected chi connectivity index (χ2v) is 5.46. The van der Waals surface area contributed by atoms with Crippen LogP contribution >= 0.6 is 0 Å². The van der Waals surface area contributed by atoms with E-state index >= 15 is 0 Å². The van der Waals surface area contributed by atoms with Crippen LogP contribution in [0, 0.1) is 6.92 Å². The number of allylic oxidation sites excluding steroid dienone is 3. The van der Waals surface area contributed by atoms with Gasteiger partial charge < -0.3 is 5.32 Å². The topological polar surface area (TPSA) is 89.3 Å². The minimum atomic E-state index is -3.72. The van der Waals surface area contributed by atoms with Gasteiger partial charge in [-0.05, 0) is 37.6 Å². The molecule has 0 heterocycles. The summed E-state index contributed by atoms with van der Waals surface area (Å²) in [5, 5.41) is 7.68. The van der Waals surface area contributed by atoms with Crippen LogP contribution in [0.2, 0.25) is 0 Å². The third kappa shape index (κ3) is 4.69. The van der Waals surface area contributed by atoms with Gasteiger partial charge in [0.2, 0.25) is 15.9 Å². The number of nitrogens with two attached hydrogens (primary N) is 1. The van der Waals surface area contributed by atoms with Crippen LogP contribution < -0.4 is 10.5 Å². The van der Waals surface area contributed by atoms with Gasteiger partial charge >= 0.3 is 0 Å². The molecule has 19 heavy (non-hydrogen) atoms. The first kappa shape index (κ1) is 15.1. The summed E-state index contributed by atoms with van der Waals surface area (Å²) in [4.78, 5) is 11.6. The maximum Gasteiger partial charge on any atom is 0.248 e. The summed E-state index contributed by atoms with van der Waals surface area (Å²) in [7, 11) is -3.72. The molecular weight excluding hydrogens is 264 g/mol. The van der Waals surface area contributed by atoms with Gasteiger partial charge in [0.25, 0.3) is 0 Å². The summed E-state index contributed by atoms with van der Waals surface area (Å²) in [6, 6.07) is 4.28. The lowest BCUT2D eigenvalue weighted by Crippen LogP contribution is -2.13. The summed E-state index contributed by atoms with van der Waals surface area (Å²) < 4.78 is 22.3. The van der Waals surface area contributed by atoms with Crippen molar-refractivity contribution in [3.05, 3.63) is 48.1 Å². The van der Waals surface area contributed by atoms with Crippen molar-refractivity contribution in [2.45, 2.75) is 18.7 Å². The number of nitrogens with one attached hydrogen (secondary N) is 1. The fourth-order valence-corrected chi connectivity index (χ4v) is 1.98. The van der Waals surface area contributed by atoms with Crippen LogP contribution in [0.1, 0.15) is 12.5 Å². The first-order valence-corrected chi connectivity index (χ1v) is 7.13. The van der Waals surface area contributed by atoms with E-state index in [0.717, 1.165) is 0 Å². The molecule has 0 bridgehead atoms. The number of hydrogen-bond acceptors (Lipinski definition) is 3. The molecule has 1 aromatic carbocycles. The van der Waals surface area contributed by atoms with E-state index in [-0.39, 0.29) is 10.8 Å². The molecule has 0 aliphatic carbocycles. The summed E-state index contributed by atoms with van der Waals surface area (Å²) in [6.45, 7) is 3.54. The van der Waals surface area contributed by atoms with Crippen molar-refractivity contribution >= 4 is 21.6 Å². The molecule has 0 fully saturated rings. The van der Waals surface area contributed by atoms with Crippen molar-refractivity contribution in [1.29, 1.82) is 0 Å². The molecule has 0 atom stereocenters. The van der Waals surface area contributed by atoms with Crippen molar-refractivity contribution in [2.75, 3.05) is 5.32 Å². The first-order chi connectivity index (χ1) is 8.84. The smallest absolute Gasteiger partial charge is 0.248 e. The number of hydrogen-bond donors (Lipinski definition) is 2. The van der Waals surface area contributed by atoms with E-state index in [1.807, 2.05) is 6.92 Å². The SMILES string of the molecule is C/C=C/C=C/C(=O)Nc1ccc(S(N)(=O)=O)cc1C. The van der Waals surface area contributed by atoms with E-state index in [1.165, 1.54) is 24.3 Å². The normalized spacial score (nSPS) is 12.2. The van der Waals surface area contributed by atoms with Gasteiger partial charge in [0.15, 0.2) is 0 Å². The van der Waals surface area contributed by atoms with Gasteiger partial charge in [0, 0.05) is 11.8 Å². The van der Waals surface area contributed by atoms with Crippen LogP contribution in [0.4, 0.5) is 5.69 Å². The third-order valence-electron chi connectivity index (χ3n) is 2.34. The maximum absolute atomic E-state index is 11.5. The molecule has 0 saturated carbocycles. The average Bonchev–Trinajstić information content (AvgIpc) is 2.31. The van der Waals surface area contributed by atoms with Crippen LogP contribution in [0.5, 0.6) is 0 Å². The van der Waals surface area contributed by atoms with Crippen molar-refractivity contribution in [2.24, 2.45) is 5.14 Å². The van der Waals surface area contributed by atoms with Gasteiger partial charge in [-0.25, -0.2) is 13.6 Å². The minimum absolute atomic E-state index is 0.0208. The fraction of sp³-hybridized carbons (Fsp3) is 0.154. The van der Waals surface area contributed by atoms with Crippen molar-refractivity contribution in [3.8, 4) is 0 Å². The molecule has 0 saturated heterocycles. The van der Waals surface area contributed by atoms with E-state index in [1.54, 1.807) is 25.2 Å². The molecular formula is C13H16N2O3S. The Labute approximate surface area is 112 Å². The molecule has 0 aliphatic heterocycles. The van der Waals surface area contributed by atoms with Crippen LogP contribution in [0.3, 0.4) is 0 Å². The zero-order valence-corrected chi connectivity index (χ0v) is 11.6. The predicted octanol–water partition coefficient (Wildman–Crippen LogP) is 1.71. The van der Waals surface area contributed by atoms with E-state index < -0.39 is 10.0 Å². The number of carbonyl (C=O) groups excluding carboxylic acids is 1. The van der Waals surface area contributed by atoms with E-state index in [0.29, 0.717) is 11.3 Å². The van der Waals surface area contributed by atoms with Gasteiger partial charge in [0.1, 0.15) is 0 Å². The molecule has 5 nitrogen and oxygen atoms in total. The maximum atomic E-state index is 11.5. The number of primary sulfonamides is 1. The Morgan fingerprint density at radius 1 is 1.32 bits per heavy atom. The largest absolute Gasteiger partial charge is 0.322 e. The molecule has 6 heteroatoms. The molecule has 1 amide bonds. The number of sulfonamides is 1. The summed E-state index contributed by atoms with van der Waals surface area (Å²) >= 11 is 0. The standard InChI is InChI=1S/C13H16N2O3S/c1-3-4-5-6-13(16)15-12-8-7-11(9-10(12)2)19(14,17)18/h3-9H,1-2H3,(H,15,16)(H2,14,17,18)/b4-3+,6-5+. The van der Waals surface area contributed by atoms with Crippen molar-refractivity contribution < 1.29 is 13.2 Å². The Balaban J connectivity index is 2.90. The molecule has 3 N–H and O–H groups in total. The van der Waals surface area contributed by atoms with E-state index in [4.69, 9.17) is 5.14 Å². The van der Waals surface area contributed by atoms with Crippen LogP contribution in [-0.4, -0.2) is 14.3 Å². The average molecular weight is 280 g/mol. The monoisotopic (exact) mass is 280 g/mol. The lowest BCUT2D eigenvalue weighted by atomic mass is 10.2. The second-order valence-electron chi connectivity index (χ2n) is 3.90. The Kier molecular flexibility index (Phi) is 5.02. The highest BCUT2D eigenvalue weighted by molar-refractivity contribution is 7.89. The summed E-state index contributed by atoms with van der Waals surface area (Å²) in [5.41, 5.74) is 1.17. The quantitative estimate of drug-likeness (QED) is 0.650. The van der Waals surface area contributed by atoms with E-state index in [2.05, 4.69) is 5.32 Å². The Bertz CT molecular complexity index is 631. The number of carbonyl (C=O) groups is 1. The molecule has 0 spiro atoms. The van der Waals surface area contributed by atoms with Crippen LogP contribution in [0.25, 0.3) is 0 Å². The highest BCUT2D eigenvalue weighted by Gasteiger charge is 2.10. The van der Waals surface area contributed by atoms with Gasteiger partial charge in [-0.3, -0.25) is 4.79 Å². The zero-order valence-electron chi connectivity index (χ0n) is 10.8. The molecule has 0 aliphatic rings. The predicted molar refractivity (Wildman–Crippen MR) is 75.1 cm³/mol. The van der Waals surface area contributed by atoms with Gasteiger partial charge in [-0.1, -0.05) is 18.2 Å². The Morgan fingerprint density at radius 2 is 2.00 bits per heavy atom. The molecule has 0 unspecified atom stereocenters. The summed E-state index contributed by atoms with van der Waals surface area (Å²) in [6.07, 6.45) is 6.53. The second kappa shape index (κ2) is 6.31. The summed E-state index contributed by atoms with van der Waals surface area (Å²) in [5.74, 6) is -0.287. The van der Waals surface area contributed by atoms with Crippen molar-refractivity contribution in [3.63, 3.8) is 0 Å². The third-order valence-corrected chi connectivity index (χ3v) is 3.25. The molecule has 0 aromatic heterocycles. The first-order valence-electron chi connectivity index (χ1n) is 5.58. The molecule has 102 valence electrons. The highest BCUT2D eigenvalue weighted by Crippen LogP contribution is 2.18.